The molecule has 166 valence electrons. The molecule has 2 saturated carbocycles. The largest absolute Gasteiger partial charge is 0.314 e. The minimum Gasteiger partial charge on any atom is -0.314 e. The van der Waals surface area contributed by atoms with Crippen molar-refractivity contribution in [2.75, 3.05) is 13.1 Å². The minimum atomic E-state index is 0.493. The van der Waals surface area contributed by atoms with Gasteiger partial charge in [0, 0.05) is 12.1 Å². The first-order chi connectivity index (χ1) is 12.8. The molecule has 0 aromatic rings. The van der Waals surface area contributed by atoms with E-state index in [1.807, 2.05) is 0 Å². The van der Waals surface area contributed by atoms with Crippen molar-refractivity contribution < 1.29 is 0 Å². The van der Waals surface area contributed by atoms with Gasteiger partial charge in [-0.2, -0.15) is 0 Å². The van der Waals surface area contributed by atoms with Crippen LogP contribution in [0.5, 0.6) is 0 Å². The van der Waals surface area contributed by atoms with Crippen LogP contribution in [0.3, 0.4) is 0 Å². The number of unbranched alkanes of at least 4 members (excludes halogenated alkanes) is 3. The maximum atomic E-state index is 3.88. The van der Waals surface area contributed by atoms with Crippen molar-refractivity contribution in [3.63, 3.8) is 0 Å². The molecule has 2 rings (SSSR count). The highest BCUT2D eigenvalue weighted by Gasteiger charge is 2.39. The van der Waals surface area contributed by atoms with E-state index in [2.05, 4.69) is 66.0 Å². The number of hydrogen-bond acceptors (Lipinski definition) is 2. The maximum Gasteiger partial charge on any atom is 0.00772 e. The van der Waals surface area contributed by atoms with Gasteiger partial charge >= 0.3 is 0 Å². The fraction of sp³-hybridized carbons (Fsp3) is 1.00. The Balaban J connectivity index is 1.53. The van der Waals surface area contributed by atoms with Crippen molar-refractivity contribution in [3.8, 4) is 0 Å². The number of hydrogen-bond donors (Lipinski definition) is 2. The Morgan fingerprint density at radius 1 is 0.500 bits per heavy atom. The fourth-order valence-electron chi connectivity index (χ4n) is 7.20. The average Bonchev–Trinajstić information content (AvgIpc) is 2.43. The predicted molar refractivity (Wildman–Crippen MR) is 125 cm³/mol. The van der Waals surface area contributed by atoms with Gasteiger partial charge < -0.3 is 10.6 Å². The molecular weight excluding hydrogens is 340 g/mol. The third-order valence-corrected chi connectivity index (χ3v) is 7.08. The fourth-order valence-corrected chi connectivity index (χ4v) is 7.20. The topological polar surface area (TPSA) is 24.1 Å². The molecular formula is C26H52N2. The first-order valence-electron chi connectivity index (χ1n) is 12.2. The standard InChI is InChI=1S/C26H52N2/c1-23(2)15-21(16-24(3,4)19-23)27-13-11-9-10-12-14-28-22-17-25(5,6)20-26(7,8)18-22/h21-22,27-28H,9-20H2,1-8H3. The van der Waals surface area contributed by atoms with Crippen LogP contribution in [0.4, 0.5) is 0 Å². The third kappa shape index (κ3) is 8.74. The van der Waals surface area contributed by atoms with Crippen molar-refractivity contribution in [1.29, 1.82) is 0 Å². The zero-order valence-corrected chi connectivity index (χ0v) is 20.6. The van der Waals surface area contributed by atoms with Crippen LogP contribution < -0.4 is 10.6 Å². The van der Waals surface area contributed by atoms with E-state index in [1.54, 1.807) is 0 Å². The summed E-state index contributed by atoms with van der Waals surface area (Å²) in [6.45, 7) is 22.0. The quantitative estimate of drug-likeness (QED) is 0.415. The molecule has 0 bridgehead atoms. The third-order valence-electron chi connectivity index (χ3n) is 7.08. The van der Waals surface area contributed by atoms with Crippen LogP contribution in [0.25, 0.3) is 0 Å². The van der Waals surface area contributed by atoms with Crippen molar-refractivity contribution in [1.82, 2.24) is 10.6 Å². The van der Waals surface area contributed by atoms with E-state index in [9.17, 15) is 0 Å². The number of rotatable bonds is 9. The molecule has 2 heteroatoms. The molecule has 0 spiro atoms. The highest BCUT2D eigenvalue weighted by Crippen LogP contribution is 2.46. The number of nitrogens with one attached hydrogen (secondary N) is 2. The Morgan fingerprint density at radius 3 is 1.07 bits per heavy atom. The van der Waals surface area contributed by atoms with Crippen LogP contribution in [-0.2, 0) is 0 Å². The van der Waals surface area contributed by atoms with E-state index in [0.29, 0.717) is 21.7 Å². The normalized spacial score (nSPS) is 27.0. The van der Waals surface area contributed by atoms with Gasteiger partial charge in [0.1, 0.15) is 0 Å². The lowest BCUT2D eigenvalue weighted by Gasteiger charge is -2.45. The van der Waals surface area contributed by atoms with Crippen LogP contribution in [0, 0.1) is 21.7 Å². The molecule has 2 nitrogen and oxygen atoms in total. The van der Waals surface area contributed by atoms with E-state index < -0.39 is 0 Å². The van der Waals surface area contributed by atoms with E-state index in [4.69, 9.17) is 0 Å². The molecule has 0 unspecified atom stereocenters. The molecule has 0 aromatic heterocycles. The van der Waals surface area contributed by atoms with Crippen molar-refractivity contribution in [3.05, 3.63) is 0 Å². The molecule has 0 saturated heterocycles. The Bertz CT molecular complexity index is 399. The van der Waals surface area contributed by atoms with Gasteiger partial charge in [-0.1, -0.05) is 68.2 Å². The van der Waals surface area contributed by atoms with Crippen LogP contribution >= 0.6 is 0 Å². The lowest BCUT2D eigenvalue weighted by atomic mass is 9.63. The SMILES string of the molecule is CC1(C)CC(NCCCCCCNC2CC(C)(C)CC(C)(C)C2)CC(C)(C)C1. The molecule has 2 fully saturated rings. The molecule has 0 atom stereocenters. The van der Waals surface area contributed by atoms with E-state index in [-0.39, 0.29) is 0 Å². The molecule has 0 aliphatic heterocycles. The summed E-state index contributed by atoms with van der Waals surface area (Å²) in [5, 5.41) is 7.76. The second-order valence-electron chi connectivity index (χ2n) is 13.5. The molecule has 0 heterocycles. The monoisotopic (exact) mass is 392 g/mol. The smallest absolute Gasteiger partial charge is 0.00772 e. The lowest BCUT2D eigenvalue weighted by Crippen LogP contribution is -2.44. The summed E-state index contributed by atoms with van der Waals surface area (Å²) in [6.07, 6.45) is 13.5. The molecule has 2 aliphatic carbocycles. The molecule has 0 aromatic carbocycles. The molecule has 28 heavy (non-hydrogen) atoms. The van der Waals surface area contributed by atoms with Gasteiger partial charge in [0.15, 0.2) is 0 Å². The summed E-state index contributed by atoms with van der Waals surface area (Å²) in [4.78, 5) is 0. The summed E-state index contributed by atoms with van der Waals surface area (Å²) in [5.41, 5.74) is 1.97. The summed E-state index contributed by atoms with van der Waals surface area (Å²) in [5.74, 6) is 0. The lowest BCUT2D eigenvalue weighted by molar-refractivity contribution is 0.0842. The van der Waals surface area contributed by atoms with Crippen LogP contribution in [0.1, 0.15) is 120 Å². The van der Waals surface area contributed by atoms with Gasteiger partial charge in [-0.05, 0) is 86.1 Å². The van der Waals surface area contributed by atoms with Crippen LogP contribution in [0.2, 0.25) is 0 Å². The van der Waals surface area contributed by atoms with Crippen molar-refractivity contribution in [2.24, 2.45) is 21.7 Å². The first-order valence-corrected chi connectivity index (χ1v) is 12.2. The zero-order valence-electron chi connectivity index (χ0n) is 20.6. The van der Waals surface area contributed by atoms with Crippen molar-refractivity contribution in [2.45, 2.75) is 132 Å². The zero-order chi connectivity index (χ0) is 21.1. The van der Waals surface area contributed by atoms with Gasteiger partial charge in [-0.25, -0.2) is 0 Å². The second kappa shape index (κ2) is 9.38. The van der Waals surface area contributed by atoms with Crippen LogP contribution in [-0.4, -0.2) is 25.2 Å². The van der Waals surface area contributed by atoms with Crippen LogP contribution in [0.15, 0.2) is 0 Å². The van der Waals surface area contributed by atoms with Gasteiger partial charge in [0.2, 0.25) is 0 Å². The molecule has 0 radical (unpaired) electrons. The van der Waals surface area contributed by atoms with Gasteiger partial charge in [-0.3, -0.25) is 0 Å². The Morgan fingerprint density at radius 2 is 0.786 bits per heavy atom. The molecule has 2 aliphatic rings. The second-order valence-corrected chi connectivity index (χ2v) is 13.5. The summed E-state index contributed by atoms with van der Waals surface area (Å²) in [6, 6.07) is 1.44. The Hall–Kier alpha value is -0.0800. The van der Waals surface area contributed by atoms with E-state index >= 15 is 0 Å². The molecule has 0 amide bonds. The summed E-state index contributed by atoms with van der Waals surface area (Å²) >= 11 is 0. The highest BCUT2D eigenvalue weighted by atomic mass is 14.9. The van der Waals surface area contributed by atoms with E-state index in [1.165, 1.54) is 77.3 Å². The summed E-state index contributed by atoms with van der Waals surface area (Å²) in [7, 11) is 0. The van der Waals surface area contributed by atoms with E-state index in [0.717, 1.165) is 12.1 Å². The van der Waals surface area contributed by atoms with Gasteiger partial charge in [0.25, 0.3) is 0 Å². The Labute approximate surface area is 177 Å². The van der Waals surface area contributed by atoms with Crippen molar-refractivity contribution >= 4 is 0 Å². The maximum absolute atomic E-state index is 3.88. The predicted octanol–water partition coefficient (Wildman–Crippen LogP) is 6.94. The Kier molecular flexibility index (Phi) is 8.10. The van der Waals surface area contributed by atoms with Gasteiger partial charge in [0.05, 0.1) is 0 Å². The minimum absolute atomic E-state index is 0.493. The molecule has 2 N–H and O–H groups in total. The average molecular weight is 393 g/mol. The summed E-state index contributed by atoms with van der Waals surface area (Å²) < 4.78 is 0. The van der Waals surface area contributed by atoms with Gasteiger partial charge in [-0.15, -0.1) is 0 Å². The first kappa shape index (κ1) is 24.2. The highest BCUT2D eigenvalue weighted by molar-refractivity contribution is 4.93.